The monoisotopic (exact) mass is 257 g/mol. The summed E-state index contributed by atoms with van der Waals surface area (Å²) in [4.78, 5) is 0. The Labute approximate surface area is 93.2 Å². The maximum absolute atomic E-state index is 5.51. The molecule has 1 aliphatic rings. The summed E-state index contributed by atoms with van der Waals surface area (Å²) in [5.41, 5.74) is 0. The molecule has 0 bridgehead atoms. The molecule has 2 atom stereocenters. The van der Waals surface area contributed by atoms with Gasteiger partial charge >= 0.3 is 0 Å². The minimum atomic E-state index is 0.340. The van der Waals surface area contributed by atoms with Crippen LogP contribution in [0.1, 0.15) is 31.6 Å². The average molecular weight is 258 g/mol. The van der Waals surface area contributed by atoms with Crippen molar-refractivity contribution in [1.82, 2.24) is 5.32 Å². The third-order valence-corrected chi connectivity index (χ3v) is 3.78. The molecule has 78 valence electrons. The zero-order valence-corrected chi connectivity index (χ0v) is 10.2. The number of rotatable bonds is 4. The fraction of sp³-hybridized carbons (Fsp3) is 0.636. The van der Waals surface area contributed by atoms with Gasteiger partial charge in [0.15, 0.2) is 0 Å². The van der Waals surface area contributed by atoms with Gasteiger partial charge in [-0.2, -0.15) is 0 Å². The van der Waals surface area contributed by atoms with Crippen LogP contribution >= 0.6 is 15.9 Å². The van der Waals surface area contributed by atoms with E-state index in [9.17, 15) is 0 Å². The molecule has 3 heteroatoms. The van der Waals surface area contributed by atoms with Gasteiger partial charge in [-0.15, -0.1) is 0 Å². The van der Waals surface area contributed by atoms with E-state index in [-0.39, 0.29) is 0 Å². The Hall–Kier alpha value is -0.280. The first-order valence-electron chi connectivity index (χ1n) is 5.14. The first-order chi connectivity index (χ1) is 6.74. The summed E-state index contributed by atoms with van der Waals surface area (Å²) in [6.07, 6.45) is 4.48. The summed E-state index contributed by atoms with van der Waals surface area (Å²) >= 11 is 3.51. The molecule has 0 aromatic carbocycles. The van der Waals surface area contributed by atoms with Gasteiger partial charge < -0.3 is 9.73 Å². The van der Waals surface area contributed by atoms with E-state index in [0.29, 0.717) is 12.0 Å². The van der Waals surface area contributed by atoms with E-state index in [1.807, 2.05) is 13.1 Å². The Balaban J connectivity index is 2.16. The second-order valence-corrected chi connectivity index (χ2v) is 4.95. The Kier molecular flexibility index (Phi) is 2.98. The molecule has 2 rings (SSSR count). The SMILES string of the molecule is CNC(c1occc1Br)C(C)C1CC1. The maximum Gasteiger partial charge on any atom is 0.135 e. The molecule has 1 aliphatic carbocycles. The topological polar surface area (TPSA) is 25.2 Å². The van der Waals surface area contributed by atoms with Crippen molar-refractivity contribution in [1.29, 1.82) is 0 Å². The molecule has 1 aromatic rings. The van der Waals surface area contributed by atoms with Crippen LogP contribution in [0.5, 0.6) is 0 Å². The van der Waals surface area contributed by atoms with E-state index in [0.717, 1.165) is 16.2 Å². The standard InChI is InChI=1S/C11H16BrNO/c1-7(8-3-4-8)10(13-2)11-9(12)5-6-14-11/h5-8,10,13H,3-4H2,1-2H3. The molecule has 2 nitrogen and oxygen atoms in total. The number of hydrogen-bond acceptors (Lipinski definition) is 2. The number of halogens is 1. The molecule has 0 spiro atoms. The quantitative estimate of drug-likeness (QED) is 0.895. The minimum Gasteiger partial charge on any atom is -0.466 e. The molecule has 2 unspecified atom stereocenters. The third kappa shape index (κ3) is 1.89. The molecule has 1 aromatic heterocycles. The predicted molar refractivity (Wildman–Crippen MR) is 60.1 cm³/mol. The van der Waals surface area contributed by atoms with Crippen LogP contribution in [0.2, 0.25) is 0 Å². The Morgan fingerprint density at radius 1 is 1.57 bits per heavy atom. The van der Waals surface area contributed by atoms with Gasteiger partial charge in [-0.05, 0) is 53.7 Å². The lowest BCUT2D eigenvalue weighted by atomic mass is 9.95. The zero-order chi connectivity index (χ0) is 10.1. The van der Waals surface area contributed by atoms with Crippen molar-refractivity contribution in [3.8, 4) is 0 Å². The lowest BCUT2D eigenvalue weighted by Gasteiger charge is -2.21. The smallest absolute Gasteiger partial charge is 0.135 e. The van der Waals surface area contributed by atoms with Crippen molar-refractivity contribution in [2.75, 3.05) is 7.05 Å². The largest absolute Gasteiger partial charge is 0.466 e. The van der Waals surface area contributed by atoms with Crippen molar-refractivity contribution in [2.45, 2.75) is 25.8 Å². The molecular formula is C11H16BrNO. The van der Waals surface area contributed by atoms with Gasteiger partial charge in [0, 0.05) is 0 Å². The minimum absolute atomic E-state index is 0.340. The molecule has 1 saturated carbocycles. The number of nitrogens with one attached hydrogen (secondary N) is 1. The van der Waals surface area contributed by atoms with Crippen LogP contribution in [0.4, 0.5) is 0 Å². The molecule has 1 heterocycles. The Bertz CT molecular complexity index is 306. The lowest BCUT2D eigenvalue weighted by Crippen LogP contribution is -2.24. The maximum atomic E-state index is 5.51. The first-order valence-corrected chi connectivity index (χ1v) is 5.93. The van der Waals surface area contributed by atoms with E-state index in [2.05, 4.69) is 28.2 Å². The number of furan rings is 1. The first kappa shape index (κ1) is 10.2. The fourth-order valence-electron chi connectivity index (χ4n) is 2.05. The summed E-state index contributed by atoms with van der Waals surface area (Å²) < 4.78 is 6.58. The van der Waals surface area contributed by atoms with Crippen LogP contribution in [0, 0.1) is 11.8 Å². The summed E-state index contributed by atoms with van der Waals surface area (Å²) in [6, 6.07) is 2.30. The van der Waals surface area contributed by atoms with Gasteiger partial charge in [0.2, 0.25) is 0 Å². The molecule has 1 fully saturated rings. The highest BCUT2D eigenvalue weighted by Crippen LogP contribution is 2.43. The van der Waals surface area contributed by atoms with Gasteiger partial charge in [-0.3, -0.25) is 0 Å². The van der Waals surface area contributed by atoms with Crippen LogP contribution < -0.4 is 5.32 Å². The van der Waals surface area contributed by atoms with Gasteiger partial charge in [-0.1, -0.05) is 6.92 Å². The summed E-state index contributed by atoms with van der Waals surface area (Å²) in [7, 11) is 2.00. The summed E-state index contributed by atoms with van der Waals surface area (Å²) in [5, 5.41) is 3.34. The highest BCUT2D eigenvalue weighted by molar-refractivity contribution is 9.10. The van der Waals surface area contributed by atoms with E-state index in [1.165, 1.54) is 12.8 Å². The predicted octanol–water partition coefficient (Wildman–Crippen LogP) is 3.35. The van der Waals surface area contributed by atoms with Gasteiger partial charge in [0.05, 0.1) is 16.8 Å². The molecule has 0 saturated heterocycles. The average Bonchev–Trinajstić information content (AvgIpc) is 2.94. The van der Waals surface area contributed by atoms with E-state index < -0.39 is 0 Å². The summed E-state index contributed by atoms with van der Waals surface area (Å²) in [5.74, 6) is 2.57. The van der Waals surface area contributed by atoms with Crippen molar-refractivity contribution in [2.24, 2.45) is 11.8 Å². The van der Waals surface area contributed by atoms with E-state index in [1.54, 1.807) is 6.26 Å². The molecular weight excluding hydrogens is 242 g/mol. The molecule has 1 N–H and O–H groups in total. The van der Waals surface area contributed by atoms with Crippen molar-refractivity contribution >= 4 is 15.9 Å². The van der Waals surface area contributed by atoms with Crippen molar-refractivity contribution in [3.63, 3.8) is 0 Å². The second-order valence-electron chi connectivity index (χ2n) is 4.10. The van der Waals surface area contributed by atoms with Crippen LogP contribution in [0.3, 0.4) is 0 Å². The van der Waals surface area contributed by atoms with Gasteiger partial charge in [0.1, 0.15) is 5.76 Å². The van der Waals surface area contributed by atoms with E-state index in [4.69, 9.17) is 4.42 Å². The molecule has 0 aliphatic heterocycles. The van der Waals surface area contributed by atoms with Crippen LogP contribution in [-0.4, -0.2) is 7.05 Å². The second kappa shape index (κ2) is 4.07. The van der Waals surface area contributed by atoms with Gasteiger partial charge in [-0.25, -0.2) is 0 Å². The third-order valence-electron chi connectivity index (χ3n) is 3.13. The van der Waals surface area contributed by atoms with Crippen molar-refractivity contribution in [3.05, 3.63) is 22.6 Å². The summed E-state index contributed by atoms with van der Waals surface area (Å²) in [6.45, 7) is 2.30. The number of hydrogen-bond donors (Lipinski definition) is 1. The van der Waals surface area contributed by atoms with Crippen molar-refractivity contribution < 1.29 is 4.42 Å². The van der Waals surface area contributed by atoms with Crippen LogP contribution in [-0.2, 0) is 0 Å². The zero-order valence-electron chi connectivity index (χ0n) is 8.59. The van der Waals surface area contributed by atoms with Crippen LogP contribution in [0.25, 0.3) is 0 Å². The molecule has 14 heavy (non-hydrogen) atoms. The normalized spacial score (nSPS) is 20.8. The van der Waals surface area contributed by atoms with Gasteiger partial charge in [0.25, 0.3) is 0 Å². The Morgan fingerprint density at radius 2 is 2.29 bits per heavy atom. The molecule has 0 radical (unpaired) electrons. The Morgan fingerprint density at radius 3 is 2.71 bits per heavy atom. The fourth-order valence-corrected chi connectivity index (χ4v) is 2.50. The highest BCUT2D eigenvalue weighted by atomic mass is 79.9. The van der Waals surface area contributed by atoms with E-state index >= 15 is 0 Å². The molecule has 0 amide bonds. The van der Waals surface area contributed by atoms with Crippen LogP contribution in [0.15, 0.2) is 21.2 Å². The highest BCUT2D eigenvalue weighted by Gasteiger charge is 2.35. The lowest BCUT2D eigenvalue weighted by molar-refractivity contribution is 0.313.